The standard InChI is InChI=1S/C29H31Cl4N3O4S/c1-18(2)15-34-29(38)20(4)35(16-21-7-8-22(30)13-26(21)33)28(37)17-36(27-14-23(31)9-12-25(27)32)41(39,40)24-10-5-19(3)6-11-24/h5-14,18,20H,15-17H2,1-4H3,(H,34,38). The van der Waals surface area contributed by atoms with Gasteiger partial charge in [0.1, 0.15) is 12.6 Å². The van der Waals surface area contributed by atoms with Crippen LogP contribution < -0.4 is 9.62 Å². The Hall–Kier alpha value is -2.49. The molecular weight excluding hydrogens is 628 g/mol. The van der Waals surface area contributed by atoms with E-state index in [0.29, 0.717) is 22.2 Å². The Labute approximate surface area is 261 Å². The molecule has 0 aromatic heterocycles. The predicted octanol–water partition coefficient (Wildman–Crippen LogP) is 6.99. The molecule has 0 aliphatic heterocycles. The molecule has 41 heavy (non-hydrogen) atoms. The fourth-order valence-electron chi connectivity index (χ4n) is 3.90. The molecule has 2 amide bonds. The number of amides is 2. The molecule has 3 rings (SSSR count). The van der Waals surface area contributed by atoms with E-state index in [4.69, 9.17) is 46.4 Å². The molecule has 1 N–H and O–H groups in total. The summed E-state index contributed by atoms with van der Waals surface area (Å²) in [5, 5.41) is 3.84. The first kappa shape index (κ1) is 33.0. The highest BCUT2D eigenvalue weighted by Gasteiger charge is 2.33. The number of benzene rings is 3. The van der Waals surface area contributed by atoms with Crippen LogP contribution in [0.3, 0.4) is 0 Å². The number of hydrogen-bond acceptors (Lipinski definition) is 4. The average Bonchev–Trinajstić information content (AvgIpc) is 2.91. The van der Waals surface area contributed by atoms with Gasteiger partial charge in [0.2, 0.25) is 11.8 Å². The first-order chi connectivity index (χ1) is 19.2. The van der Waals surface area contributed by atoms with E-state index >= 15 is 0 Å². The molecule has 7 nitrogen and oxygen atoms in total. The summed E-state index contributed by atoms with van der Waals surface area (Å²) in [6.07, 6.45) is 0. The summed E-state index contributed by atoms with van der Waals surface area (Å²) in [6, 6.07) is 14.4. The van der Waals surface area contributed by atoms with Crippen molar-refractivity contribution in [1.29, 1.82) is 0 Å². The minimum Gasteiger partial charge on any atom is -0.354 e. The number of nitrogens with zero attached hydrogens (tertiary/aromatic N) is 2. The van der Waals surface area contributed by atoms with Gasteiger partial charge in [-0.15, -0.1) is 0 Å². The van der Waals surface area contributed by atoms with Crippen LogP contribution in [0.1, 0.15) is 31.9 Å². The first-order valence-electron chi connectivity index (χ1n) is 12.8. The molecule has 1 atom stereocenters. The van der Waals surface area contributed by atoms with Gasteiger partial charge in [0.25, 0.3) is 10.0 Å². The highest BCUT2D eigenvalue weighted by atomic mass is 35.5. The summed E-state index contributed by atoms with van der Waals surface area (Å²) in [5.41, 5.74) is 1.41. The van der Waals surface area contributed by atoms with E-state index in [9.17, 15) is 18.0 Å². The van der Waals surface area contributed by atoms with Crippen molar-refractivity contribution in [2.75, 3.05) is 17.4 Å². The zero-order valence-electron chi connectivity index (χ0n) is 23.0. The molecule has 220 valence electrons. The van der Waals surface area contributed by atoms with Crippen LogP contribution in [0.2, 0.25) is 20.1 Å². The number of aryl methyl sites for hydroxylation is 1. The van der Waals surface area contributed by atoms with Crippen LogP contribution >= 0.6 is 46.4 Å². The largest absolute Gasteiger partial charge is 0.354 e. The predicted molar refractivity (Wildman–Crippen MR) is 166 cm³/mol. The molecule has 0 aliphatic carbocycles. The zero-order valence-corrected chi connectivity index (χ0v) is 26.8. The molecule has 0 heterocycles. The number of nitrogens with one attached hydrogen (secondary N) is 1. The Morgan fingerprint density at radius 3 is 2.07 bits per heavy atom. The van der Waals surface area contributed by atoms with E-state index < -0.39 is 34.4 Å². The third-order valence-corrected chi connectivity index (χ3v) is 9.19. The van der Waals surface area contributed by atoms with Crippen molar-refractivity contribution in [3.8, 4) is 0 Å². The monoisotopic (exact) mass is 657 g/mol. The number of hydrogen-bond donors (Lipinski definition) is 1. The quantitative estimate of drug-likeness (QED) is 0.241. The molecule has 0 saturated heterocycles. The molecule has 3 aromatic rings. The highest BCUT2D eigenvalue weighted by Crippen LogP contribution is 2.33. The van der Waals surface area contributed by atoms with E-state index in [1.54, 1.807) is 31.2 Å². The molecule has 3 aromatic carbocycles. The number of carbonyl (C=O) groups excluding carboxylic acids is 2. The lowest BCUT2D eigenvalue weighted by molar-refractivity contribution is -0.139. The summed E-state index contributed by atoms with van der Waals surface area (Å²) < 4.78 is 28.8. The van der Waals surface area contributed by atoms with Crippen LogP contribution in [0.5, 0.6) is 0 Å². The Morgan fingerprint density at radius 2 is 1.46 bits per heavy atom. The maximum Gasteiger partial charge on any atom is 0.264 e. The van der Waals surface area contributed by atoms with Gasteiger partial charge in [-0.3, -0.25) is 13.9 Å². The van der Waals surface area contributed by atoms with Crippen molar-refractivity contribution >= 4 is 73.9 Å². The maximum absolute atomic E-state index is 14.0. The van der Waals surface area contributed by atoms with Crippen molar-refractivity contribution in [2.24, 2.45) is 5.92 Å². The van der Waals surface area contributed by atoms with Crippen molar-refractivity contribution in [1.82, 2.24) is 10.2 Å². The van der Waals surface area contributed by atoms with Gasteiger partial charge < -0.3 is 10.2 Å². The van der Waals surface area contributed by atoms with Gasteiger partial charge in [0.15, 0.2) is 0 Å². The van der Waals surface area contributed by atoms with Gasteiger partial charge in [-0.25, -0.2) is 8.42 Å². The van der Waals surface area contributed by atoms with Gasteiger partial charge in [-0.05, 0) is 67.8 Å². The topological polar surface area (TPSA) is 86.8 Å². The second-order valence-corrected chi connectivity index (χ2v) is 13.5. The van der Waals surface area contributed by atoms with Gasteiger partial charge in [0, 0.05) is 28.2 Å². The van der Waals surface area contributed by atoms with E-state index in [1.165, 1.54) is 41.3 Å². The second-order valence-electron chi connectivity index (χ2n) is 9.99. The number of rotatable bonds is 11. The lowest BCUT2D eigenvalue weighted by Gasteiger charge is -2.32. The fourth-order valence-corrected chi connectivity index (χ4v) is 6.23. The molecular formula is C29H31Cl4N3O4S. The van der Waals surface area contributed by atoms with Gasteiger partial charge in [-0.1, -0.05) is 84.0 Å². The van der Waals surface area contributed by atoms with E-state index in [-0.39, 0.29) is 33.1 Å². The molecule has 0 spiro atoms. The summed E-state index contributed by atoms with van der Waals surface area (Å²) in [4.78, 5) is 28.4. The number of carbonyl (C=O) groups is 2. The van der Waals surface area contributed by atoms with Crippen molar-refractivity contribution in [3.63, 3.8) is 0 Å². The van der Waals surface area contributed by atoms with Gasteiger partial charge in [0.05, 0.1) is 15.6 Å². The molecule has 1 unspecified atom stereocenters. The average molecular weight is 659 g/mol. The highest BCUT2D eigenvalue weighted by molar-refractivity contribution is 7.92. The van der Waals surface area contributed by atoms with Crippen LogP contribution in [-0.2, 0) is 26.2 Å². The fraction of sp³-hybridized carbons (Fsp3) is 0.310. The third-order valence-electron chi connectivity index (χ3n) is 6.27. The van der Waals surface area contributed by atoms with E-state index in [0.717, 1.165) is 9.87 Å². The van der Waals surface area contributed by atoms with Crippen LogP contribution in [0.25, 0.3) is 0 Å². The molecule has 12 heteroatoms. The second kappa shape index (κ2) is 14.1. The summed E-state index contributed by atoms with van der Waals surface area (Å²) >= 11 is 25.1. The van der Waals surface area contributed by atoms with Crippen molar-refractivity contribution < 1.29 is 18.0 Å². The minimum absolute atomic E-state index is 0.0227. The Bertz CT molecular complexity index is 1510. The molecule has 0 fully saturated rings. The molecule has 0 radical (unpaired) electrons. The van der Waals surface area contributed by atoms with Crippen LogP contribution in [0, 0.1) is 12.8 Å². The number of halogens is 4. The van der Waals surface area contributed by atoms with Crippen LogP contribution in [0.15, 0.2) is 65.6 Å². The third kappa shape index (κ3) is 8.52. The smallest absolute Gasteiger partial charge is 0.264 e. The normalized spacial score (nSPS) is 12.2. The Morgan fingerprint density at radius 1 is 0.854 bits per heavy atom. The maximum atomic E-state index is 14.0. The summed E-state index contributed by atoms with van der Waals surface area (Å²) in [7, 11) is -4.29. The summed E-state index contributed by atoms with van der Waals surface area (Å²) in [6.45, 7) is 6.96. The molecule has 0 bridgehead atoms. The van der Waals surface area contributed by atoms with Crippen molar-refractivity contribution in [2.45, 2.75) is 45.2 Å². The molecule has 0 aliphatic rings. The zero-order chi connectivity index (χ0) is 30.5. The number of anilines is 1. The minimum atomic E-state index is -4.29. The van der Waals surface area contributed by atoms with Crippen LogP contribution in [-0.4, -0.2) is 44.3 Å². The Balaban J connectivity index is 2.08. The Kier molecular flexibility index (Phi) is 11.4. The lowest BCUT2D eigenvalue weighted by Crippen LogP contribution is -2.51. The van der Waals surface area contributed by atoms with E-state index in [1.807, 2.05) is 20.8 Å². The molecule has 0 saturated carbocycles. The van der Waals surface area contributed by atoms with Gasteiger partial charge >= 0.3 is 0 Å². The first-order valence-corrected chi connectivity index (χ1v) is 15.7. The summed E-state index contributed by atoms with van der Waals surface area (Å²) in [5.74, 6) is -0.873. The number of sulfonamides is 1. The van der Waals surface area contributed by atoms with Crippen LogP contribution in [0.4, 0.5) is 5.69 Å². The van der Waals surface area contributed by atoms with Gasteiger partial charge in [-0.2, -0.15) is 0 Å². The SMILES string of the molecule is Cc1ccc(S(=O)(=O)N(CC(=O)N(Cc2ccc(Cl)cc2Cl)C(C)C(=O)NCC(C)C)c2cc(Cl)ccc2Cl)cc1. The van der Waals surface area contributed by atoms with E-state index in [2.05, 4.69) is 5.32 Å². The van der Waals surface area contributed by atoms with Crippen molar-refractivity contribution in [3.05, 3.63) is 91.9 Å². The lowest BCUT2D eigenvalue weighted by atomic mass is 10.1.